The van der Waals surface area contributed by atoms with Gasteiger partial charge in [-0.2, -0.15) is 0 Å². The van der Waals surface area contributed by atoms with Crippen LogP contribution < -0.4 is 10.5 Å². The van der Waals surface area contributed by atoms with Gasteiger partial charge in [0.1, 0.15) is 9.22 Å². The number of thiazole rings is 1. The van der Waals surface area contributed by atoms with E-state index >= 15 is 0 Å². The van der Waals surface area contributed by atoms with Crippen LogP contribution in [0.4, 0.5) is 10.5 Å². The highest BCUT2D eigenvalue weighted by Crippen LogP contribution is 2.39. The number of anilines is 1. The van der Waals surface area contributed by atoms with E-state index in [9.17, 15) is 29.4 Å². The molecule has 0 saturated carbocycles. The van der Waals surface area contributed by atoms with Gasteiger partial charge in [0.25, 0.3) is 0 Å². The van der Waals surface area contributed by atoms with Gasteiger partial charge in [0.15, 0.2) is 15.5 Å². The van der Waals surface area contributed by atoms with Crippen LogP contribution in [0.25, 0.3) is 0 Å². The lowest BCUT2D eigenvalue weighted by Crippen LogP contribution is -2.34. The van der Waals surface area contributed by atoms with Crippen molar-refractivity contribution < 1.29 is 29.4 Å². The lowest BCUT2D eigenvalue weighted by Gasteiger charge is -2.19. The van der Waals surface area contributed by atoms with Crippen molar-refractivity contribution in [3.05, 3.63) is 39.0 Å². The van der Waals surface area contributed by atoms with E-state index in [0.29, 0.717) is 11.3 Å². The minimum atomic E-state index is -3.82. The van der Waals surface area contributed by atoms with Crippen LogP contribution in [0.3, 0.4) is 0 Å². The molecule has 10 nitrogen and oxygen atoms in total. The molecule has 1 heterocycles. The summed E-state index contributed by atoms with van der Waals surface area (Å²) in [6.45, 7) is -2.38. The summed E-state index contributed by atoms with van der Waals surface area (Å²) in [5.74, 6) is 0. The molecule has 0 spiro atoms. The van der Waals surface area contributed by atoms with E-state index in [1.807, 2.05) is 0 Å². The Kier molecular flexibility index (Phi) is 6.38. The van der Waals surface area contributed by atoms with Crippen LogP contribution in [0.5, 0.6) is 0 Å². The quantitative estimate of drug-likeness (QED) is 0.351. The predicted octanol–water partition coefficient (Wildman–Crippen LogP) is 0.718. The van der Waals surface area contributed by atoms with E-state index in [1.54, 1.807) is 0 Å². The molecule has 2 aromatic rings. The third-order valence-corrected chi connectivity index (χ3v) is 9.18. The molecule has 1 aromatic heterocycles. The largest absolute Gasteiger partial charge is 0.393 e. The number of urea groups is 1. The predicted molar refractivity (Wildman–Crippen MR) is 119 cm³/mol. The number of nitrogens with zero attached hydrogens (tertiary/aromatic N) is 2. The summed E-state index contributed by atoms with van der Waals surface area (Å²) in [7, 11) is -3.82. The average Bonchev–Trinajstić information content (AvgIpc) is 3.51. The Balaban J connectivity index is 1.69. The highest BCUT2D eigenvalue weighted by Gasteiger charge is 2.34. The molecule has 1 aromatic carbocycles. The van der Waals surface area contributed by atoms with Gasteiger partial charge in [-0.05, 0) is 60.8 Å². The summed E-state index contributed by atoms with van der Waals surface area (Å²) < 4.78 is 16.6. The number of hydrogen-bond acceptors (Lipinski definition) is 8. The first kappa shape index (κ1) is 23.2. The number of fused-ring (bicyclic) bond motifs is 2. The van der Waals surface area contributed by atoms with Crippen LogP contribution in [0.15, 0.2) is 14.6 Å². The van der Waals surface area contributed by atoms with Crippen molar-refractivity contribution >= 4 is 33.0 Å². The Morgan fingerprint density at radius 3 is 2.28 bits per heavy atom. The molecule has 7 N–H and O–H groups in total. The minimum absolute atomic E-state index is 0.143. The van der Waals surface area contributed by atoms with E-state index in [-0.39, 0.29) is 14.9 Å². The van der Waals surface area contributed by atoms with Gasteiger partial charge < -0.3 is 25.7 Å². The molecule has 32 heavy (non-hydrogen) atoms. The Bertz CT molecular complexity index is 1150. The number of nitrogens with one attached hydrogen (secondary N) is 1. The fourth-order valence-corrected chi connectivity index (χ4v) is 6.84. The van der Waals surface area contributed by atoms with E-state index in [0.717, 1.165) is 55.3 Å². The topological polar surface area (TPSA) is 178 Å². The number of aryl methyl sites for hydroxylation is 2. The molecule has 2 aliphatic rings. The van der Waals surface area contributed by atoms with Gasteiger partial charge in [-0.1, -0.05) is 6.07 Å². The van der Waals surface area contributed by atoms with Crippen molar-refractivity contribution in [2.24, 2.45) is 9.50 Å². The smallest absolute Gasteiger partial charge is 0.354 e. The second-order valence-electron chi connectivity index (χ2n) is 8.08. The van der Waals surface area contributed by atoms with E-state index in [1.165, 1.54) is 11.1 Å². The molecular formula is C20H26N4O6S2. The second kappa shape index (κ2) is 8.78. The van der Waals surface area contributed by atoms with Gasteiger partial charge >= 0.3 is 6.03 Å². The van der Waals surface area contributed by atoms with Gasteiger partial charge in [0.05, 0.1) is 25.5 Å². The molecule has 0 radical (unpaired) electrons. The van der Waals surface area contributed by atoms with Gasteiger partial charge in [0, 0.05) is 5.69 Å². The first-order chi connectivity index (χ1) is 15.2. The number of benzene rings is 1. The van der Waals surface area contributed by atoms with Crippen LogP contribution in [0.2, 0.25) is 0 Å². The lowest BCUT2D eigenvalue weighted by atomic mass is 9.99. The molecule has 0 fully saturated rings. The van der Waals surface area contributed by atoms with Crippen molar-refractivity contribution in [3.63, 3.8) is 0 Å². The van der Waals surface area contributed by atoms with Crippen molar-refractivity contribution in [1.29, 1.82) is 0 Å². The molecule has 0 aliphatic heterocycles. The molecule has 1 atom stereocenters. The van der Waals surface area contributed by atoms with Gasteiger partial charge in [0.2, 0.25) is 0 Å². The zero-order valence-electron chi connectivity index (χ0n) is 17.3. The molecular weight excluding hydrogens is 456 g/mol. The summed E-state index contributed by atoms with van der Waals surface area (Å²) in [4.78, 5) is 16.7. The van der Waals surface area contributed by atoms with Crippen molar-refractivity contribution in [1.82, 2.24) is 4.98 Å². The minimum Gasteiger partial charge on any atom is -0.393 e. The zero-order chi connectivity index (χ0) is 23.1. The zero-order valence-corrected chi connectivity index (χ0v) is 19.0. The van der Waals surface area contributed by atoms with Crippen LogP contribution in [-0.4, -0.2) is 48.9 Å². The lowest BCUT2D eigenvalue weighted by molar-refractivity contribution is -0.0600. The van der Waals surface area contributed by atoms with Crippen LogP contribution in [0.1, 0.15) is 45.8 Å². The fraction of sp³-hybridized carbons (Fsp3) is 0.500. The number of nitrogens with two attached hydrogens (primary N) is 1. The van der Waals surface area contributed by atoms with Crippen LogP contribution >= 0.6 is 11.3 Å². The number of amides is 2. The first-order valence-corrected chi connectivity index (χ1v) is 12.7. The molecule has 1 unspecified atom stereocenters. The standard InChI is InChI=1S/C20H26N4O6S2/c21-32(30,17-15(8-25)22-18(31-17)20(29,9-26)10-27)24-19(28)23-16-13-5-1-3-11(13)7-12-4-2-6-14(12)16/h7,25-27,29H,1-6,8-10H2,(H3,21,23,24,28,30). The van der Waals surface area contributed by atoms with Crippen molar-refractivity contribution in [2.75, 3.05) is 18.5 Å². The molecule has 2 aliphatic carbocycles. The monoisotopic (exact) mass is 482 g/mol. The second-order valence-corrected chi connectivity index (χ2v) is 11.1. The molecule has 12 heteroatoms. The third kappa shape index (κ3) is 4.07. The average molecular weight is 483 g/mol. The Hall–Kier alpha value is -1.93. The van der Waals surface area contributed by atoms with Crippen molar-refractivity contribution in [2.45, 2.75) is 54.9 Å². The normalized spacial score (nSPS) is 17.0. The number of carbonyl (C=O) groups is 1. The number of aliphatic hydroxyl groups excluding tert-OH is 3. The van der Waals surface area contributed by atoms with E-state index < -0.39 is 41.4 Å². The summed E-state index contributed by atoms with van der Waals surface area (Å²) in [6.07, 6.45) is 5.63. The maximum Gasteiger partial charge on any atom is 0.354 e. The number of aromatic nitrogens is 1. The maximum absolute atomic E-state index is 13.2. The van der Waals surface area contributed by atoms with Gasteiger partial charge in [-0.25, -0.2) is 19.1 Å². The van der Waals surface area contributed by atoms with E-state index in [2.05, 4.69) is 20.7 Å². The van der Waals surface area contributed by atoms with Crippen molar-refractivity contribution in [3.8, 4) is 0 Å². The third-order valence-electron chi connectivity index (χ3n) is 5.92. The van der Waals surface area contributed by atoms with E-state index in [4.69, 9.17) is 5.14 Å². The number of rotatable bonds is 6. The maximum atomic E-state index is 13.2. The summed E-state index contributed by atoms with van der Waals surface area (Å²) >= 11 is 0.620. The van der Waals surface area contributed by atoms with Crippen LogP contribution in [0, 0.1) is 0 Å². The summed E-state index contributed by atoms with van der Waals surface area (Å²) in [5.41, 5.74) is 3.10. The fourth-order valence-electron chi connectivity index (χ4n) is 4.31. The Morgan fingerprint density at radius 1 is 1.16 bits per heavy atom. The van der Waals surface area contributed by atoms with Gasteiger partial charge in [-0.15, -0.1) is 15.7 Å². The number of carbonyl (C=O) groups excluding carboxylic acids is 1. The summed E-state index contributed by atoms with van der Waals surface area (Å²) in [5, 5.41) is 47.1. The first-order valence-electron chi connectivity index (χ1n) is 10.3. The molecule has 0 saturated heterocycles. The van der Waals surface area contributed by atoms with Crippen LogP contribution in [-0.2, 0) is 47.8 Å². The molecule has 0 bridgehead atoms. The molecule has 174 valence electrons. The number of hydrogen-bond donors (Lipinski definition) is 6. The highest BCUT2D eigenvalue weighted by atomic mass is 32.2. The number of aliphatic hydroxyl groups is 4. The summed E-state index contributed by atoms with van der Waals surface area (Å²) in [6, 6.07) is 1.35. The Labute approximate surface area is 189 Å². The SMILES string of the molecule is NS(=O)(=NC(=O)Nc1c2c(cc3c1CCC3)CCC2)c1sc(C(O)(CO)CO)nc1CO. The Morgan fingerprint density at radius 2 is 1.75 bits per heavy atom. The van der Waals surface area contributed by atoms with Gasteiger partial charge in [-0.3, -0.25) is 0 Å². The molecule has 4 rings (SSSR count). The highest BCUT2D eigenvalue weighted by molar-refractivity contribution is 7.93. The molecule has 2 amide bonds.